The average Bonchev–Trinajstić information content (AvgIpc) is 3.19. The Morgan fingerprint density at radius 3 is 2.61 bits per heavy atom. The van der Waals surface area contributed by atoms with Gasteiger partial charge in [-0.15, -0.1) is 0 Å². The number of para-hydroxylation sites is 1. The van der Waals surface area contributed by atoms with E-state index >= 15 is 0 Å². The van der Waals surface area contributed by atoms with E-state index in [4.69, 9.17) is 16.0 Å². The van der Waals surface area contributed by atoms with E-state index in [0.717, 1.165) is 37.4 Å². The number of halogens is 2. The molecule has 2 amide bonds. The lowest BCUT2D eigenvalue weighted by atomic mass is 10.1. The first-order valence-corrected chi connectivity index (χ1v) is 9.24. The van der Waals surface area contributed by atoms with Gasteiger partial charge in [0, 0.05) is 24.2 Å². The number of hydrogen-bond acceptors (Lipinski definition) is 4. The normalized spacial score (nSPS) is 13.7. The Labute approximate surface area is 164 Å². The van der Waals surface area contributed by atoms with Crippen molar-refractivity contribution in [1.29, 1.82) is 0 Å². The number of rotatable bonds is 3. The fourth-order valence-electron chi connectivity index (χ4n) is 3.36. The monoisotopic (exact) mass is 401 g/mol. The van der Waals surface area contributed by atoms with Gasteiger partial charge in [-0.05, 0) is 43.2 Å². The molecule has 4 rings (SSSR count). The first-order valence-electron chi connectivity index (χ1n) is 8.87. The molecule has 1 aliphatic heterocycles. The molecule has 28 heavy (non-hydrogen) atoms. The molecule has 3 aromatic rings. The number of urea groups is 1. The van der Waals surface area contributed by atoms with Gasteiger partial charge >= 0.3 is 11.7 Å². The van der Waals surface area contributed by atoms with Gasteiger partial charge in [-0.25, -0.2) is 14.0 Å². The van der Waals surface area contributed by atoms with Crippen LogP contribution in [0.2, 0.25) is 5.02 Å². The second-order valence-electron chi connectivity index (χ2n) is 6.51. The summed E-state index contributed by atoms with van der Waals surface area (Å²) in [6.45, 7) is 1.58. The highest BCUT2D eigenvalue weighted by molar-refractivity contribution is 6.31. The molecular formula is C20H17ClFN3O3. The summed E-state index contributed by atoms with van der Waals surface area (Å²) in [4.78, 5) is 27.1. The van der Waals surface area contributed by atoms with Gasteiger partial charge in [0.2, 0.25) is 0 Å². The van der Waals surface area contributed by atoms with Gasteiger partial charge in [-0.1, -0.05) is 23.7 Å². The quantitative estimate of drug-likeness (QED) is 0.616. The van der Waals surface area contributed by atoms with Crippen molar-refractivity contribution in [3.05, 3.63) is 63.7 Å². The van der Waals surface area contributed by atoms with Crippen molar-refractivity contribution >= 4 is 45.7 Å². The van der Waals surface area contributed by atoms with E-state index in [1.165, 1.54) is 12.1 Å². The Balaban J connectivity index is 1.70. The van der Waals surface area contributed by atoms with E-state index in [1.807, 2.05) is 12.1 Å². The van der Waals surface area contributed by atoms with Crippen LogP contribution < -0.4 is 21.2 Å². The molecule has 144 valence electrons. The van der Waals surface area contributed by atoms with E-state index in [1.54, 1.807) is 12.1 Å². The van der Waals surface area contributed by atoms with E-state index in [2.05, 4.69) is 15.5 Å². The first kappa shape index (κ1) is 18.3. The van der Waals surface area contributed by atoms with Crippen LogP contribution in [0.4, 0.5) is 26.2 Å². The highest BCUT2D eigenvalue weighted by Gasteiger charge is 2.23. The number of carbonyl (C=O) groups is 1. The number of benzene rings is 2. The molecule has 1 aliphatic rings. The van der Waals surface area contributed by atoms with Crippen LogP contribution >= 0.6 is 11.6 Å². The van der Waals surface area contributed by atoms with Gasteiger partial charge in [0.25, 0.3) is 0 Å². The number of hydrogen-bond donors (Lipinski definition) is 2. The van der Waals surface area contributed by atoms with Gasteiger partial charge in [0.05, 0.1) is 10.7 Å². The zero-order valence-electron chi connectivity index (χ0n) is 14.8. The summed E-state index contributed by atoms with van der Waals surface area (Å²) in [6, 6.07) is 10.4. The summed E-state index contributed by atoms with van der Waals surface area (Å²) in [5, 5.41) is 5.79. The van der Waals surface area contributed by atoms with Crippen molar-refractivity contribution in [1.82, 2.24) is 0 Å². The summed E-state index contributed by atoms with van der Waals surface area (Å²) in [7, 11) is 0. The third kappa shape index (κ3) is 3.53. The summed E-state index contributed by atoms with van der Waals surface area (Å²) in [6.07, 6.45) is 2.02. The largest absolute Gasteiger partial charge is 0.421 e. The van der Waals surface area contributed by atoms with Crippen molar-refractivity contribution in [2.75, 3.05) is 28.6 Å². The lowest BCUT2D eigenvalue weighted by molar-refractivity contribution is 0.262. The zero-order chi connectivity index (χ0) is 19.7. The Kier molecular flexibility index (Phi) is 4.92. The number of amides is 2. The standard InChI is InChI=1S/C20H17ClFN3O3/c21-14-11-12(7-8-15(14)22)23-20(27)24-17-18(25-9-3-4-10-25)13-5-1-2-6-16(13)28-19(17)26/h1-2,5-8,11H,3-4,9-10H2,(H2,23,24,27). The molecule has 1 saturated heterocycles. The fourth-order valence-corrected chi connectivity index (χ4v) is 3.54. The zero-order valence-corrected chi connectivity index (χ0v) is 15.6. The van der Waals surface area contributed by atoms with Gasteiger partial charge < -0.3 is 14.6 Å². The topological polar surface area (TPSA) is 74.6 Å². The molecule has 6 nitrogen and oxygen atoms in total. The number of nitrogens with zero attached hydrogens (tertiary/aromatic N) is 1. The maximum absolute atomic E-state index is 13.3. The molecule has 0 spiro atoms. The maximum atomic E-state index is 13.3. The number of carbonyl (C=O) groups excluding carboxylic acids is 1. The molecule has 0 aliphatic carbocycles. The van der Waals surface area contributed by atoms with Gasteiger partial charge in [0.15, 0.2) is 5.69 Å². The van der Waals surface area contributed by atoms with Crippen molar-refractivity contribution in [2.24, 2.45) is 0 Å². The third-order valence-corrected chi connectivity index (χ3v) is 4.91. The van der Waals surface area contributed by atoms with E-state index in [-0.39, 0.29) is 10.7 Å². The number of anilines is 3. The van der Waals surface area contributed by atoms with Crippen molar-refractivity contribution in [3.63, 3.8) is 0 Å². The predicted molar refractivity (Wildman–Crippen MR) is 108 cm³/mol. The smallest absolute Gasteiger partial charge is 0.362 e. The lowest BCUT2D eigenvalue weighted by Gasteiger charge is -2.22. The molecule has 2 heterocycles. The van der Waals surface area contributed by atoms with Crippen LogP contribution in [0.15, 0.2) is 51.7 Å². The van der Waals surface area contributed by atoms with E-state index in [9.17, 15) is 14.0 Å². The van der Waals surface area contributed by atoms with Gasteiger partial charge in [-0.2, -0.15) is 0 Å². The molecule has 1 fully saturated rings. The maximum Gasteiger partial charge on any atom is 0.362 e. The molecule has 0 bridgehead atoms. The van der Waals surface area contributed by atoms with Crippen LogP contribution in [0.3, 0.4) is 0 Å². The average molecular weight is 402 g/mol. The molecule has 2 N–H and O–H groups in total. The van der Waals surface area contributed by atoms with Crippen molar-refractivity contribution in [2.45, 2.75) is 12.8 Å². The van der Waals surface area contributed by atoms with E-state index < -0.39 is 17.5 Å². The highest BCUT2D eigenvalue weighted by Crippen LogP contribution is 2.34. The minimum Gasteiger partial charge on any atom is -0.421 e. The number of fused-ring (bicyclic) bond motifs is 1. The van der Waals surface area contributed by atoms with Crippen molar-refractivity contribution < 1.29 is 13.6 Å². The first-order chi connectivity index (χ1) is 13.5. The molecule has 1 aromatic heterocycles. The summed E-state index contributed by atoms with van der Waals surface area (Å²) < 4.78 is 18.7. The third-order valence-electron chi connectivity index (χ3n) is 4.62. The Morgan fingerprint density at radius 1 is 1.11 bits per heavy atom. The predicted octanol–water partition coefficient (Wildman–Crippen LogP) is 4.83. The van der Waals surface area contributed by atoms with Crippen LogP contribution in [-0.2, 0) is 0 Å². The van der Waals surface area contributed by atoms with Crippen LogP contribution in [0.1, 0.15) is 12.8 Å². The van der Waals surface area contributed by atoms with Gasteiger partial charge in [-0.3, -0.25) is 5.32 Å². The Bertz CT molecular complexity index is 1110. The molecular weight excluding hydrogens is 385 g/mol. The molecule has 0 radical (unpaired) electrons. The minimum atomic E-state index is -0.647. The fraction of sp³-hybridized carbons (Fsp3) is 0.200. The van der Waals surface area contributed by atoms with Crippen molar-refractivity contribution in [3.8, 4) is 0 Å². The minimum absolute atomic E-state index is 0.0753. The Hall–Kier alpha value is -3.06. The van der Waals surface area contributed by atoms with Crippen LogP contribution in [-0.4, -0.2) is 19.1 Å². The summed E-state index contributed by atoms with van der Waals surface area (Å²) >= 11 is 5.74. The molecule has 8 heteroatoms. The van der Waals surface area contributed by atoms with Gasteiger partial charge in [0.1, 0.15) is 11.4 Å². The number of nitrogens with one attached hydrogen (secondary N) is 2. The second-order valence-corrected chi connectivity index (χ2v) is 6.92. The Morgan fingerprint density at radius 2 is 1.86 bits per heavy atom. The SMILES string of the molecule is O=C(Nc1ccc(F)c(Cl)c1)Nc1c(N2CCCC2)c2ccccc2oc1=O. The summed E-state index contributed by atoms with van der Waals surface area (Å²) in [5.41, 5.74) is 0.860. The molecule has 0 unspecified atom stereocenters. The highest BCUT2D eigenvalue weighted by atomic mass is 35.5. The molecule has 0 saturated carbocycles. The second kappa shape index (κ2) is 7.52. The van der Waals surface area contributed by atoms with Crippen LogP contribution in [0.25, 0.3) is 11.0 Å². The van der Waals surface area contributed by atoms with E-state index in [0.29, 0.717) is 17.0 Å². The lowest BCUT2D eigenvalue weighted by Crippen LogP contribution is -2.28. The van der Waals surface area contributed by atoms with Crippen LogP contribution in [0.5, 0.6) is 0 Å². The molecule has 2 aromatic carbocycles. The molecule has 0 atom stereocenters. The van der Waals surface area contributed by atoms with Crippen LogP contribution in [0, 0.1) is 5.82 Å². The summed E-state index contributed by atoms with van der Waals surface area (Å²) in [5.74, 6) is -0.584.